The van der Waals surface area contributed by atoms with E-state index in [0.717, 1.165) is 39.1 Å². The lowest BCUT2D eigenvalue weighted by molar-refractivity contribution is 0.0635. The molecule has 138 valence electrons. The summed E-state index contributed by atoms with van der Waals surface area (Å²) in [5.41, 5.74) is 1.91. The van der Waals surface area contributed by atoms with Gasteiger partial charge in [0.1, 0.15) is 11.5 Å². The summed E-state index contributed by atoms with van der Waals surface area (Å²) in [6.45, 7) is 4.27. The van der Waals surface area contributed by atoms with Gasteiger partial charge < -0.3 is 14.4 Å². The number of hydrogen-bond donors (Lipinski definition) is 0. The molecule has 0 spiro atoms. The number of amides is 1. The predicted octanol–water partition coefficient (Wildman–Crippen LogP) is 2.70. The molecule has 0 atom stereocenters. The highest BCUT2D eigenvalue weighted by Gasteiger charge is 2.24. The Balaban J connectivity index is 1.57. The zero-order valence-corrected chi connectivity index (χ0v) is 15.5. The SMILES string of the molecule is COc1ccc(OC)c(C(=O)N2CCN(CCc3ccccc3)CC2)c1. The van der Waals surface area contributed by atoms with Crippen molar-refractivity contribution < 1.29 is 14.3 Å². The maximum absolute atomic E-state index is 12.9. The average molecular weight is 354 g/mol. The molecule has 1 saturated heterocycles. The molecule has 1 fully saturated rings. The summed E-state index contributed by atoms with van der Waals surface area (Å²) in [6, 6.07) is 15.9. The lowest BCUT2D eigenvalue weighted by Crippen LogP contribution is -2.49. The summed E-state index contributed by atoms with van der Waals surface area (Å²) < 4.78 is 10.6. The van der Waals surface area contributed by atoms with Crippen molar-refractivity contribution in [3.05, 3.63) is 59.7 Å². The van der Waals surface area contributed by atoms with Gasteiger partial charge in [-0.2, -0.15) is 0 Å². The number of benzene rings is 2. The van der Waals surface area contributed by atoms with Crippen molar-refractivity contribution in [3.63, 3.8) is 0 Å². The summed E-state index contributed by atoms with van der Waals surface area (Å²) in [5.74, 6) is 1.25. The van der Waals surface area contributed by atoms with Crippen LogP contribution in [0.1, 0.15) is 15.9 Å². The fraction of sp³-hybridized carbons (Fsp3) is 0.381. The number of nitrogens with zero attached hydrogens (tertiary/aromatic N) is 2. The standard InChI is InChI=1S/C21H26N2O3/c1-25-18-8-9-20(26-2)19(16-18)21(24)23-14-12-22(13-15-23)11-10-17-6-4-3-5-7-17/h3-9,16H,10-15H2,1-2H3. The number of piperazine rings is 1. The van der Waals surface area contributed by atoms with Crippen LogP contribution in [0, 0.1) is 0 Å². The van der Waals surface area contributed by atoms with Crippen molar-refractivity contribution in [2.75, 3.05) is 46.9 Å². The van der Waals surface area contributed by atoms with E-state index in [2.05, 4.69) is 29.2 Å². The number of hydrogen-bond acceptors (Lipinski definition) is 4. The smallest absolute Gasteiger partial charge is 0.257 e. The minimum Gasteiger partial charge on any atom is -0.497 e. The maximum Gasteiger partial charge on any atom is 0.257 e. The van der Waals surface area contributed by atoms with Crippen LogP contribution >= 0.6 is 0 Å². The Morgan fingerprint density at radius 1 is 0.962 bits per heavy atom. The first-order valence-electron chi connectivity index (χ1n) is 8.99. The number of methoxy groups -OCH3 is 2. The Bertz CT molecular complexity index is 725. The van der Waals surface area contributed by atoms with Gasteiger partial charge in [0.25, 0.3) is 5.91 Å². The Morgan fingerprint density at radius 3 is 2.35 bits per heavy atom. The number of ether oxygens (including phenoxy) is 2. The van der Waals surface area contributed by atoms with Crippen LogP contribution in [-0.2, 0) is 6.42 Å². The Labute approximate surface area is 155 Å². The van der Waals surface area contributed by atoms with Crippen LogP contribution in [0.3, 0.4) is 0 Å². The molecule has 0 bridgehead atoms. The highest BCUT2D eigenvalue weighted by molar-refractivity contribution is 5.97. The molecule has 1 aliphatic rings. The van der Waals surface area contributed by atoms with Gasteiger partial charge in [0.2, 0.25) is 0 Å². The van der Waals surface area contributed by atoms with Crippen LogP contribution in [0.2, 0.25) is 0 Å². The lowest BCUT2D eigenvalue weighted by Gasteiger charge is -2.35. The molecular weight excluding hydrogens is 328 g/mol. The Kier molecular flexibility index (Phi) is 6.12. The zero-order chi connectivity index (χ0) is 18.4. The van der Waals surface area contributed by atoms with E-state index in [1.54, 1.807) is 32.4 Å². The van der Waals surface area contributed by atoms with E-state index in [9.17, 15) is 4.79 Å². The van der Waals surface area contributed by atoms with Gasteiger partial charge in [0, 0.05) is 32.7 Å². The van der Waals surface area contributed by atoms with Crippen LogP contribution in [0.15, 0.2) is 48.5 Å². The van der Waals surface area contributed by atoms with E-state index in [-0.39, 0.29) is 5.91 Å². The molecule has 0 N–H and O–H groups in total. The number of carbonyl (C=O) groups excluding carboxylic acids is 1. The molecule has 2 aromatic rings. The van der Waals surface area contributed by atoms with Crippen molar-refractivity contribution in [2.45, 2.75) is 6.42 Å². The molecular formula is C21H26N2O3. The minimum atomic E-state index is 0.00320. The topological polar surface area (TPSA) is 42.0 Å². The van der Waals surface area contributed by atoms with E-state index in [1.165, 1.54) is 5.56 Å². The quantitative estimate of drug-likeness (QED) is 0.800. The van der Waals surface area contributed by atoms with Crippen molar-refractivity contribution in [2.24, 2.45) is 0 Å². The van der Waals surface area contributed by atoms with Crippen molar-refractivity contribution in [3.8, 4) is 11.5 Å². The molecule has 1 amide bonds. The summed E-state index contributed by atoms with van der Waals surface area (Å²) in [7, 11) is 3.18. The fourth-order valence-corrected chi connectivity index (χ4v) is 3.26. The molecule has 0 saturated carbocycles. The van der Waals surface area contributed by atoms with Gasteiger partial charge in [-0.3, -0.25) is 9.69 Å². The highest BCUT2D eigenvalue weighted by Crippen LogP contribution is 2.25. The average Bonchev–Trinajstić information content (AvgIpc) is 2.72. The predicted molar refractivity (Wildman–Crippen MR) is 102 cm³/mol. The van der Waals surface area contributed by atoms with Crippen molar-refractivity contribution in [1.82, 2.24) is 9.80 Å². The van der Waals surface area contributed by atoms with E-state index < -0.39 is 0 Å². The Hall–Kier alpha value is -2.53. The number of carbonyl (C=O) groups is 1. The summed E-state index contributed by atoms with van der Waals surface area (Å²) in [4.78, 5) is 17.2. The molecule has 5 nitrogen and oxygen atoms in total. The van der Waals surface area contributed by atoms with E-state index >= 15 is 0 Å². The van der Waals surface area contributed by atoms with E-state index in [0.29, 0.717) is 17.1 Å². The fourth-order valence-electron chi connectivity index (χ4n) is 3.26. The third kappa shape index (κ3) is 4.35. The van der Waals surface area contributed by atoms with Crippen LogP contribution in [0.25, 0.3) is 0 Å². The monoisotopic (exact) mass is 354 g/mol. The molecule has 0 aliphatic carbocycles. The van der Waals surface area contributed by atoms with Crippen LogP contribution in [0.4, 0.5) is 0 Å². The van der Waals surface area contributed by atoms with E-state index in [1.807, 2.05) is 11.0 Å². The first kappa shape index (κ1) is 18.3. The van der Waals surface area contributed by atoms with Crippen molar-refractivity contribution >= 4 is 5.91 Å². The molecule has 5 heteroatoms. The van der Waals surface area contributed by atoms with Gasteiger partial charge >= 0.3 is 0 Å². The van der Waals surface area contributed by atoms with Gasteiger partial charge in [0.15, 0.2) is 0 Å². The molecule has 26 heavy (non-hydrogen) atoms. The van der Waals surface area contributed by atoms with Gasteiger partial charge in [-0.25, -0.2) is 0 Å². The molecule has 1 heterocycles. The third-order valence-electron chi connectivity index (χ3n) is 4.86. The van der Waals surface area contributed by atoms with E-state index in [4.69, 9.17) is 9.47 Å². The lowest BCUT2D eigenvalue weighted by atomic mass is 10.1. The van der Waals surface area contributed by atoms with Crippen LogP contribution in [0.5, 0.6) is 11.5 Å². The normalized spacial score (nSPS) is 14.9. The highest BCUT2D eigenvalue weighted by atomic mass is 16.5. The van der Waals surface area contributed by atoms with Gasteiger partial charge in [-0.1, -0.05) is 30.3 Å². The summed E-state index contributed by atoms with van der Waals surface area (Å²) in [6.07, 6.45) is 1.04. The van der Waals surface area contributed by atoms with Gasteiger partial charge in [-0.15, -0.1) is 0 Å². The summed E-state index contributed by atoms with van der Waals surface area (Å²) >= 11 is 0. The molecule has 3 rings (SSSR count). The molecule has 2 aromatic carbocycles. The van der Waals surface area contributed by atoms with Crippen molar-refractivity contribution in [1.29, 1.82) is 0 Å². The van der Waals surface area contributed by atoms with Gasteiger partial charge in [-0.05, 0) is 30.2 Å². The van der Waals surface area contributed by atoms with Crippen LogP contribution in [-0.4, -0.2) is 62.7 Å². The Morgan fingerprint density at radius 2 is 1.69 bits per heavy atom. The minimum absolute atomic E-state index is 0.00320. The maximum atomic E-state index is 12.9. The molecule has 0 unspecified atom stereocenters. The molecule has 0 aromatic heterocycles. The molecule has 1 aliphatic heterocycles. The van der Waals surface area contributed by atoms with Crippen LogP contribution < -0.4 is 9.47 Å². The third-order valence-corrected chi connectivity index (χ3v) is 4.86. The second-order valence-corrected chi connectivity index (χ2v) is 6.44. The molecule has 0 radical (unpaired) electrons. The first-order valence-corrected chi connectivity index (χ1v) is 8.99. The number of rotatable bonds is 6. The second-order valence-electron chi connectivity index (χ2n) is 6.44. The largest absolute Gasteiger partial charge is 0.497 e. The zero-order valence-electron chi connectivity index (χ0n) is 15.5. The van der Waals surface area contributed by atoms with Gasteiger partial charge in [0.05, 0.1) is 19.8 Å². The first-order chi connectivity index (χ1) is 12.7. The second kappa shape index (κ2) is 8.72. The summed E-state index contributed by atoms with van der Waals surface area (Å²) in [5, 5.41) is 0.